The minimum Gasteiger partial charge on any atom is -0.480 e. The lowest BCUT2D eigenvalue weighted by Gasteiger charge is -1.92. The summed E-state index contributed by atoms with van der Waals surface area (Å²) in [6.45, 7) is 1.82. The molecule has 0 amide bonds. The van der Waals surface area contributed by atoms with E-state index in [1.807, 2.05) is 24.0 Å². The smallest absolute Gasteiger partial charge is 0.317 e. The molecule has 3 N–H and O–H groups in total. The molecule has 74 valence electrons. The lowest BCUT2D eigenvalue weighted by molar-refractivity contribution is -0.135. The van der Waals surface area contributed by atoms with Crippen LogP contribution in [0.1, 0.15) is 12.7 Å². The minimum absolute atomic E-state index is 0.278. The Labute approximate surface area is 77.2 Å². The van der Waals surface area contributed by atoms with Crippen LogP contribution in [0.15, 0.2) is 12.4 Å². The van der Waals surface area contributed by atoms with Crippen molar-refractivity contribution in [2.45, 2.75) is 13.3 Å². The zero-order valence-electron chi connectivity index (χ0n) is 7.90. The Morgan fingerprint density at radius 2 is 2.31 bits per heavy atom. The Hall–Kier alpha value is -1.36. The first-order valence-corrected chi connectivity index (χ1v) is 3.99. The number of hydrogen-bond donors (Lipinski definition) is 2. The average molecular weight is 185 g/mol. The number of carbonyl (C=O) groups is 1. The molecule has 0 atom stereocenters. The Bertz CT molecular complexity index is 258. The number of nitrogens with two attached hydrogens (primary N) is 1. The molecule has 0 aliphatic heterocycles. The van der Waals surface area contributed by atoms with E-state index in [1.54, 1.807) is 0 Å². The standard InChI is InChI=1S/C6H10N2.C2H5NO2/c1-3-6-7-4-5-8(6)2;3-1-2(4)5/h4-5H,3H2,1-2H3;1,3H2,(H,4,5). The third kappa shape index (κ3) is 4.97. The molecule has 0 aromatic carbocycles. The Balaban J connectivity index is 0.000000252. The van der Waals surface area contributed by atoms with Crippen LogP contribution in [0.2, 0.25) is 0 Å². The van der Waals surface area contributed by atoms with Gasteiger partial charge in [-0.2, -0.15) is 0 Å². The Morgan fingerprint density at radius 1 is 1.77 bits per heavy atom. The molecule has 0 saturated heterocycles. The Kier molecular flexibility index (Phi) is 5.54. The first-order valence-electron chi connectivity index (χ1n) is 3.99. The lowest BCUT2D eigenvalue weighted by atomic mass is 10.5. The molecule has 1 aromatic heterocycles. The van der Waals surface area contributed by atoms with Crippen molar-refractivity contribution in [3.05, 3.63) is 18.2 Å². The van der Waals surface area contributed by atoms with Gasteiger partial charge in [0.05, 0.1) is 6.54 Å². The van der Waals surface area contributed by atoms with Crippen LogP contribution in [0.5, 0.6) is 0 Å². The highest BCUT2D eigenvalue weighted by atomic mass is 16.4. The van der Waals surface area contributed by atoms with Crippen molar-refractivity contribution < 1.29 is 9.90 Å². The molecule has 5 nitrogen and oxygen atoms in total. The number of imidazole rings is 1. The van der Waals surface area contributed by atoms with Crippen LogP contribution in [0, 0.1) is 0 Å². The van der Waals surface area contributed by atoms with E-state index in [4.69, 9.17) is 5.11 Å². The second kappa shape index (κ2) is 6.19. The summed E-state index contributed by atoms with van der Waals surface area (Å²) in [4.78, 5) is 13.3. The molecular formula is C8H15N3O2. The molecule has 1 rings (SSSR count). The van der Waals surface area contributed by atoms with Gasteiger partial charge in [-0.15, -0.1) is 0 Å². The summed E-state index contributed by atoms with van der Waals surface area (Å²) in [6, 6.07) is 0. The van der Waals surface area contributed by atoms with Crippen LogP contribution in [-0.2, 0) is 18.3 Å². The minimum atomic E-state index is -0.968. The SMILES string of the molecule is CCc1nccn1C.NCC(=O)O. The second-order valence-corrected chi connectivity index (χ2v) is 2.41. The molecule has 0 aliphatic carbocycles. The number of carboxylic acids is 1. The van der Waals surface area contributed by atoms with Crippen molar-refractivity contribution >= 4 is 5.97 Å². The molecule has 5 heteroatoms. The van der Waals surface area contributed by atoms with E-state index in [1.165, 1.54) is 0 Å². The number of aryl methyl sites for hydroxylation is 2. The van der Waals surface area contributed by atoms with Crippen molar-refractivity contribution in [1.82, 2.24) is 9.55 Å². The third-order valence-electron chi connectivity index (χ3n) is 1.41. The maximum Gasteiger partial charge on any atom is 0.317 e. The molecule has 0 saturated carbocycles. The number of nitrogens with zero attached hydrogens (tertiary/aromatic N) is 2. The number of rotatable bonds is 2. The predicted molar refractivity (Wildman–Crippen MR) is 49.3 cm³/mol. The van der Waals surface area contributed by atoms with Crippen LogP contribution in [0.3, 0.4) is 0 Å². The molecule has 1 heterocycles. The molecule has 0 aliphatic rings. The van der Waals surface area contributed by atoms with E-state index in [9.17, 15) is 4.79 Å². The number of aliphatic carboxylic acids is 1. The fraction of sp³-hybridized carbons (Fsp3) is 0.500. The third-order valence-corrected chi connectivity index (χ3v) is 1.41. The summed E-state index contributed by atoms with van der Waals surface area (Å²) in [6.07, 6.45) is 4.79. The van der Waals surface area contributed by atoms with Gasteiger partial charge in [0.2, 0.25) is 0 Å². The summed E-state index contributed by atoms with van der Waals surface area (Å²) >= 11 is 0. The summed E-state index contributed by atoms with van der Waals surface area (Å²) < 4.78 is 2.03. The normalized spacial score (nSPS) is 8.85. The molecule has 0 fully saturated rings. The van der Waals surface area contributed by atoms with Gasteiger partial charge in [0, 0.05) is 25.9 Å². The predicted octanol–water partition coefficient (Wildman–Crippen LogP) is 0.0122. The Morgan fingerprint density at radius 3 is 2.46 bits per heavy atom. The summed E-state index contributed by atoms with van der Waals surface area (Å²) in [5, 5.41) is 7.60. The van der Waals surface area contributed by atoms with Crippen LogP contribution >= 0.6 is 0 Å². The highest BCUT2D eigenvalue weighted by Crippen LogP contribution is 1.92. The van der Waals surface area contributed by atoms with E-state index < -0.39 is 5.97 Å². The van der Waals surface area contributed by atoms with Gasteiger partial charge in [0.1, 0.15) is 5.82 Å². The van der Waals surface area contributed by atoms with E-state index in [0.29, 0.717) is 0 Å². The van der Waals surface area contributed by atoms with E-state index >= 15 is 0 Å². The van der Waals surface area contributed by atoms with Gasteiger partial charge in [-0.3, -0.25) is 4.79 Å². The van der Waals surface area contributed by atoms with Gasteiger partial charge < -0.3 is 15.4 Å². The molecule has 0 unspecified atom stereocenters. The van der Waals surface area contributed by atoms with Crippen LogP contribution in [0.25, 0.3) is 0 Å². The van der Waals surface area contributed by atoms with Crippen molar-refractivity contribution in [1.29, 1.82) is 0 Å². The highest BCUT2D eigenvalue weighted by molar-refractivity contribution is 5.68. The van der Waals surface area contributed by atoms with E-state index in [-0.39, 0.29) is 6.54 Å². The van der Waals surface area contributed by atoms with Gasteiger partial charge >= 0.3 is 5.97 Å². The van der Waals surface area contributed by atoms with Gasteiger partial charge in [-0.05, 0) is 0 Å². The van der Waals surface area contributed by atoms with E-state index in [2.05, 4.69) is 17.6 Å². The molecule has 0 radical (unpaired) electrons. The second-order valence-electron chi connectivity index (χ2n) is 2.41. The van der Waals surface area contributed by atoms with Gasteiger partial charge in [-0.1, -0.05) is 6.92 Å². The van der Waals surface area contributed by atoms with Crippen molar-refractivity contribution in [3.8, 4) is 0 Å². The largest absolute Gasteiger partial charge is 0.480 e. The molecular weight excluding hydrogens is 170 g/mol. The topological polar surface area (TPSA) is 81.1 Å². The summed E-state index contributed by atoms with van der Waals surface area (Å²) in [5.74, 6) is 0.176. The molecule has 1 aromatic rings. The lowest BCUT2D eigenvalue weighted by Crippen LogP contribution is -2.10. The van der Waals surface area contributed by atoms with Crippen molar-refractivity contribution in [2.75, 3.05) is 6.54 Å². The monoisotopic (exact) mass is 185 g/mol. The zero-order valence-corrected chi connectivity index (χ0v) is 7.90. The number of hydrogen-bond acceptors (Lipinski definition) is 3. The maximum absolute atomic E-state index is 9.24. The first kappa shape index (κ1) is 11.6. The molecule has 13 heavy (non-hydrogen) atoms. The summed E-state index contributed by atoms with van der Waals surface area (Å²) in [5.41, 5.74) is 4.57. The van der Waals surface area contributed by atoms with Crippen molar-refractivity contribution in [2.24, 2.45) is 12.8 Å². The average Bonchev–Trinajstić information content (AvgIpc) is 2.52. The molecule has 0 spiro atoms. The summed E-state index contributed by atoms with van der Waals surface area (Å²) in [7, 11) is 2.01. The maximum atomic E-state index is 9.24. The molecule has 0 bridgehead atoms. The fourth-order valence-electron chi connectivity index (χ4n) is 0.737. The first-order chi connectivity index (χ1) is 6.11. The van der Waals surface area contributed by atoms with Gasteiger partial charge in [0.15, 0.2) is 0 Å². The van der Waals surface area contributed by atoms with E-state index in [0.717, 1.165) is 12.2 Å². The van der Waals surface area contributed by atoms with Gasteiger partial charge in [0.25, 0.3) is 0 Å². The quantitative estimate of drug-likeness (QED) is 0.680. The van der Waals surface area contributed by atoms with Crippen LogP contribution in [-0.4, -0.2) is 27.2 Å². The van der Waals surface area contributed by atoms with Gasteiger partial charge in [-0.25, -0.2) is 4.98 Å². The fourth-order valence-corrected chi connectivity index (χ4v) is 0.737. The number of carboxylic acid groups (broad SMARTS) is 1. The highest BCUT2D eigenvalue weighted by Gasteiger charge is 1.90. The number of aromatic nitrogens is 2. The zero-order chi connectivity index (χ0) is 10.3. The van der Waals surface area contributed by atoms with Crippen LogP contribution in [0.4, 0.5) is 0 Å². The van der Waals surface area contributed by atoms with Crippen molar-refractivity contribution in [3.63, 3.8) is 0 Å². The van der Waals surface area contributed by atoms with Crippen LogP contribution < -0.4 is 5.73 Å².